The molecule has 0 spiro atoms. The third-order valence-electron chi connectivity index (χ3n) is 4.41. The van der Waals surface area contributed by atoms with Gasteiger partial charge in [-0.15, -0.1) is 12.4 Å². The molecule has 1 aliphatic heterocycles. The molecule has 5 nitrogen and oxygen atoms in total. The molecule has 1 aliphatic rings. The summed E-state index contributed by atoms with van der Waals surface area (Å²) in [6.07, 6.45) is 0.985. The molecule has 1 unspecified atom stereocenters. The van der Waals surface area contributed by atoms with Crippen LogP contribution in [-0.4, -0.2) is 43.6 Å². The lowest BCUT2D eigenvalue weighted by molar-refractivity contribution is -0.133. The average molecular weight is 377 g/mol. The van der Waals surface area contributed by atoms with Crippen molar-refractivity contribution in [1.29, 1.82) is 0 Å². The number of hydrogen-bond donors (Lipinski definition) is 1. The number of likely N-dealkylation sites (N-methyl/N-ethyl adjacent to an activating group) is 1. The van der Waals surface area contributed by atoms with Gasteiger partial charge in [-0.25, -0.2) is 0 Å². The van der Waals surface area contributed by atoms with E-state index in [-0.39, 0.29) is 31.0 Å². The van der Waals surface area contributed by atoms with Gasteiger partial charge in [0.15, 0.2) is 18.1 Å². The van der Waals surface area contributed by atoms with Crippen LogP contribution in [-0.2, 0) is 11.4 Å². The second kappa shape index (κ2) is 10.0. The van der Waals surface area contributed by atoms with E-state index in [1.807, 2.05) is 61.6 Å². The molecule has 3 rings (SSSR count). The zero-order valence-electron chi connectivity index (χ0n) is 14.9. The monoisotopic (exact) mass is 376 g/mol. The van der Waals surface area contributed by atoms with Crippen LogP contribution < -0.4 is 14.8 Å². The normalized spacial score (nSPS) is 15.8. The van der Waals surface area contributed by atoms with Crippen LogP contribution >= 0.6 is 12.4 Å². The van der Waals surface area contributed by atoms with Gasteiger partial charge in [-0.3, -0.25) is 4.79 Å². The number of nitrogens with one attached hydrogen (secondary N) is 1. The predicted molar refractivity (Wildman–Crippen MR) is 104 cm³/mol. The molecule has 0 aromatic heterocycles. The van der Waals surface area contributed by atoms with Crippen LogP contribution in [0.2, 0.25) is 0 Å². The third-order valence-corrected chi connectivity index (χ3v) is 4.41. The van der Waals surface area contributed by atoms with E-state index in [4.69, 9.17) is 9.47 Å². The number of hydrogen-bond acceptors (Lipinski definition) is 4. The Morgan fingerprint density at radius 3 is 2.38 bits per heavy atom. The Labute approximate surface area is 160 Å². The van der Waals surface area contributed by atoms with Crippen LogP contribution in [0.4, 0.5) is 0 Å². The van der Waals surface area contributed by atoms with E-state index < -0.39 is 0 Å². The summed E-state index contributed by atoms with van der Waals surface area (Å²) in [4.78, 5) is 14.1. The first-order valence-corrected chi connectivity index (χ1v) is 8.59. The van der Waals surface area contributed by atoms with Gasteiger partial charge in [-0.1, -0.05) is 42.5 Å². The molecular formula is C20H25ClN2O3. The van der Waals surface area contributed by atoms with Crippen molar-refractivity contribution >= 4 is 18.3 Å². The van der Waals surface area contributed by atoms with E-state index in [1.165, 1.54) is 0 Å². The molecule has 2 aromatic rings. The van der Waals surface area contributed by atoms with E-state index >= 15 is 0 Å². The highest BCUT2D eigenvalue weighted by atomic mass is 35.5. The Bertz CT molecular complexity index is 690. The van der Waals surface area contributed by atoms with Crippen LogP contribution in [0.25, 0.3) is 0 Å². The predicted octanol–water partition coefficient (Wildman–Crippen LogP) is 2.89. The Hall–Kier alpha value is -2.24. The first-order valence-electron chi connectivity index (χ1n) is 8.59. The number of rotatable bonds is 7. The van der Waals surface area contributed by atoms with Crippen LogP contribution in [0.3, 0.4) is 0 Å². The van der Waals surface area contributed by atoms with E-state index in [0.29, 0.717) is 18.1 Å². The first-order chi connectivity index (χ1) is 12.2. The Balaban J connectivity index is 0.00000243. The SMILES string of the molecule is CN(C(=O)COc1ccccc1OCc1ccccc1)C1CCNC1.Cl. The van der Waals surface area contributed by atoms with Gasteiger partial charge in [0.2, 0.25) is 0 Å². The number of amides is 1. The molecule has 0 bridgehead atoms. The van der Waals surface area contributed by atoms with Gasteiger partial charge in [0.1, 0.15) is 6.61 Å². The van der Waals surface area contributed by atoms with Crippen LogP contribution in [0.15, 0.2) is 54.6 Å². The van der Waals surface area contributed by atoms with Crippen LogP contribution in [0.5, 0.6) is 11.5 Å². The van der Waals surface area contributed by atoms with Crippen LogP contribution in [0.1, 0.15) is 12.0 Å². The fourth-order valence-electron chi connectivity index (χ4n) is 2.84. The van der Waals surface area contributed by atoms with Crippen molar-refractivity contribution in [3.05, 3.63) is 60.2 Å². The minimum atomic E-state index is -0.0217. The van der Waals surface area contributed by atoms with Gasteiger partial charge >= 0.3 is 0 Å². The molecule has 0 saturated carbocycles. The summed E-state index contributed by atoms with van der Waals surface area (Å²) in [7, 11) is 1.83. The van der Waals surface area contributed by atoms with Crippen molar-refractivity contribution < 1.29 is 14.3 Å². The molecule has 0 aliphatic carbocycles. The molecule has 6 heteroatoms. The third kappa shape index (κ3) is 5.38. The average Bonchev–Trinajstić information content (AvgIpc) is 3.20. The van der Waals surface area contributed by atoms with Gasteiger partial charge < -0.3 is 19.7 Å². The number of ether oxygens (including phenoxy) is 2. The summed E-state index contributed by atoms with van der Waals surface area (Å²) in [5, 5.41) is 3.27. The summed E-state index contributed by atoms with van der Waals surface area (Å²) in [5.74, 6) is 1.21. The van der Waals surface area contributed by atoms with Crippen molar-refractivity contribution in [1.82, 2.24) is 10.2 Å². The number of carbonyl (C=O) groups is 1. The van der Waals surface area contributed by atoms with Crippen molar-refractivity contribution in [2.45, 2.75) is 19.1 Å². The highest BCUT2D eigenvalue weighted by Gasteiger charge is 2.23. The van der Waals surface area contributed by atoms with Crippen molar-refractivity contribution in [3.63, 3.8) is 0 Å². The Morgan fingerprint density at radius 1 is 1.08 bits per heavy atom. The molecule has 26 heavy (non-hydrogen) atoms. The van der Waals surface area contributed by atoms with Crippen LogP contribution in [0, 0.1) is 0 Å². The van der Waals surface area contributed by atoms with Gasteiger partial charge in [0.05, 0.1) is 0 Å². The van der Waals surface area contributed by atoms with E-state index in [2.05, 4.69) is 5.32 Å². The fourth-order valence-corrected chi connectivity index (χ4v) is 2.84. The summed E-state index contributed by atoms with van der Waals surface area (Å²) in [5.41, 5.74) is 1.09. The fraction of sp³-hybridized carbons (Fsp3) is 0.350. The quantitative estimate of drug-likeness (QED) is 0.807. The zero-order valence-corrected chi connectivity index (χ0v) is 15.7. The maximum Gasteiger partial charge on any atom is 0.260 e. The number of carbonyl (C=O) groups excluding carboxylic acids is 1. The lowest BCUT2D eigenvalue weighted by atomic mass is 10.2. The van der Waals surface area contributed by atoms with E-state index in [1.54, 1.807) is 4.90 Å². The second-order valence-corrected chi connectivity index (χ2v) is 6.16. The molecule has 1 saturated heterocycles. The molecule has 1 fully saturated rings. The molecule has 1 N–H and O–H groups in total. The Morgan fingerprint density at radius 2 is 1.73 bits per heavy atom. The topological polar surface area (TPSA) is 50.8 Å². The zero-order chi connectivity index (χ0) is 17.5. The van der Waals surface area contributed by atoms with Gasteiger partial charge in [-0.05, 0) is 30.7 Å². The van der Waals surface area contributed by atoms with Crippen molar-refractivity contribution in [2.24, 2.45) is 0 Å². The summed E-state index contributed by atoms with van der Waals surface area (Å²) in [6, 6.07) is 17.7. The highest BCUT2D eigenvalue weighted by molar-refractivity contribution is 5.85. The minimum Gasteiger partial charge on any atom is -0.485 e. The molecule has 2 aromatic carbocycles. The maximum atomic E-state index is 12.3. The van der Waals surface area contributed by atoms with E-state index in [0.717, 1.165) is 25.1 Å². The second-order valence-electron chi connectivity index (χ2n) is 6.16. The number of halogens is 1. The highest BCUT2D eigenvalue weighted by Crippen LogP contribution is 2.27. The van der Waals surface area contributed by atoms with Crippen molar-refractivity contribution in [2.75, 3.05) is 26.7 Å². The smallest absolute Gasteiger partial charge is 0.260 e. The number of nitrogens with zero attached hydrogens (tertiary/aromatic N) is 1. The summed E-state index contributed by atoms with van der Waals surface area (Å²) < 4.78 is 11.6. The molecular weight excluding hydrogens is 352 g/mol. The van der Waals surface area contributed by atoms with Gasteiger partial charge in [-0.2, -0.15) is 0 Å². The molecule has 1 amide bonds. The largest absolute Gasteiger partial charge is 0.485 e. The lowest BCUT2D eigenvalue weighted by Crippen LogP contribution is -2.40. The number of para-hydroxylation sites is 2. The number of benzene rings is 2. The van der Waals surface area contributed by atoms with Crippen molar-refractivity contribution in [3.8, 4) is 11.5 Å². The van der Waals surface area contributed by atoms with Gasteiger partial charge in [0.25, 0.3) is 5.91 Å². The first kappa shape index (κ1) is 20.1. The van der Waals surface area contributed by atoms with E-state index in [9.17, 15) is 4.79 Å². The maximum absolute atomic E-state index is 12.3. The molecule has 1 atom stereocenters. The Kier molecular flexibility index (Phi) is 7.75. The summed E-state index contributed by atoms with van der Waals surface area (Å²) >= 11 is 0. The standard InChI is InChI=1S/C20H24N2O3.ClH/c1-22(17-11-12-21-13-17)20(23)15-25-19-10-6-5-9-18(19)24-14-16-7-3-2-4-8-16;/h2-10,17,21H,11-15H2,1H3;1H. The molecule has 1 heterocycles. The van der Waals surface area contributed by atoms with Gasteiger partial charge in [0, 0.05) is 19.6 Å². The summed E-state index contributed by atoms with van der Waals surface area (Å²) in [6.45, 7) is 2.28. The molecule has 140 valence electrons. The minimum absolute atomic E-state index is 0. The lowest BCUT2D eigenvalue weighted by Gasteiger charge is -2.24. The molecule has 0 radical (unpaired) electrons.